The molecule has 0 saturated heterocycles. The van der Waals surface area contributed by atoms with Gasteiger partial charge in [-0.2, -0.15) is 13.2 Å². The molecule has 0 aliphatic carbocycles. The molecular weight excluding hydrogens is 418 g/mol. The first-order chi connectivity index (χ1) is 13.0. The van der Waals surface area contributed by atoms with Crippen LogP contribution in [-0.4, -0.2) is 16.4 Å². The fourth-order valence-electron chi connectivity index (χ4n) is 2.57. The number of para-hydroxylation sites is 1. The van der Waals surface area contributed by atoms with Gasteiger partial charge in [0, 0.05) is 6.20 Å². The summed E-state index contributed by atoms with van der Waals surface area (Å²) in [5.41, 5.74) is 7.03. The number of carbonyl (C=O) groups excluding carboxylic acids is 1. The maximum absolute atomic E-state index is 12.7. The van der Waals surface area contributed by atoms with Gasteiger partial charge in [-0.3, -0.25) is 9.80 Å². The van der Waals surface area contributed by atoms with Crippen LogP contribution in [0.15, 0.2) is 48.4 Å². The van der Waals surface area contributed by atoms with E-state index in [9.17, 15) is 18.0 Å². The SMILES string of the molecule is CC1(C(=O)Nc2ccc(C(F)(F)F)cn2)C=C(N)N(c2c(Cl)cccc2Cl)N1. The number of pyridine rings is 1. The Balaban J connectivity index is 1.79. The molecular formula is C17H14Cl2F3N5O. The number of hydrazine groups is 1. The molecule has 1 unspecified atom stereocenters. The second-order valence-corrected chi connectivity index (χ2v) is 6.99. The number of rotatable bonds is 3. The van der Waals surface area contributed by atoms with Crippen molar-refractivity contribution in [3.05, 3.63) is 64.0 Å². The average molecular weight is 432 g/mol. The highest BCUT2D eigenvalue weighted by atomic mass is 35.5. The van der Waals surface area contributed by atoms with Crippen molar-refractivity contribution in [3.8, 4) is 0 Å². The Morgan fingerprint density at radius 2 is 1.89 bits per heavy atom. The Kier molecular flexibility index (Phi) is 5.18. The van der Waals surface area contributed by atoms with E-state index in [1.165, 1.54) is 18.0 Å². The lowest BCUT2D eigenvalue weighted by Gasteiger charge is -2.28. The second-order valence-electron chi connectivity index (χ2n) is 6.17. The van der Waals surface area contributed by atoms with Gasteiger partial charge in [-0.05, 0) is 37.3 Å². The number of alkyl halides is 3. The highest BCUT2D eigenvalue weighted by molar-refractivity contribution is 6.39. The van der Waals surface area contributed by atoms with Crippen LogP contribution in [0.25, 0.3) is 0 Å². The minimum absolute atomic E-state index is 0.0396. The van der Waals surface area contributed by atoms with Gasteiger partial charge in [-0.25, -0.2) is 10.4 Å². The van der Waals surface area contributed by atoms with Gasteiger partial charge in [0.15, 0.2) is 0 Å². The van der Waals surface area contributed by atoms with Crippen molar-refractivity contribution in [2.24, 2.45) is 5.73 Å². The molecule has 3 rings (SSSR count). The summed E-state index contributed by atoms with van der Waals surface area (Å²) in [4.78, 5) is 16.3. The van der Waals surface area contributed by atoms with Crippen molar-refractivity contribution < 1.29 is 18.0 Å². The first kappa shape index (κ1) is 20.2. The fourth-order valence-corrected chi connectivity index (χ4v) is 3.14. The zero-order chi connectivity index (χ0) is 20.7. The number of aromatic nitrogens is 1. The first-order valence-electron chi connectivity index (χ1n) is 7.86. The molecule has 0 bridgehead atoms. The summed E-state index contributed by atoms with van der Waals surface area (Å²) in [5.74, 6) is -0.455. The lowest BCUT2D eigenvalue weighted by atomic mass is 10.0. The minimum Gasteiger partial charge on any atom is -0.384 e. The zero-order valence-electron chi connectivity index (χ0n) is 14.3. The van der Waals surface area contributed by atoms with Crippen molar-refractivity contribution in [1.82, 2.24) is 10.4 Å². The third-order valence-electron chi connectivity index (χ3n) is 4.00. The smallest absolute Gasteiger partial charge is 0.384 e. The summed E-state index contributed by atoms with van der Waals surface area (Å²) < 4.78 is 37.8. The normalized spacial score (nSPS) is 19.5. The van der Waals surface area contributed by atoms with Gasteiger partial charge in [0.25, 0.3) is 5.91 Å². The molecule has 1 aliphatic heterocycles. The molecule has 1 atom stereocenters. The number of hydrogen-bond donors (Lipinski definition) is 3. The van der Waals surface area contributed by atoms with E-state index in [-0.39, 0.29) is 11.6 Å². The zero-order valence-corrected chi connectivity index (χ0v) is 15.8. The van der Waals surface area contributed by atoms with Crippen LogP contribution in [0, 0.1) is 0 Å². The van der Waals surface area contributed by atoms with Crippen molar-refractivity contribution in [2.45, 2.75) is 18.6 Å². The molecule has 28 heavy (non-hydrogen) atoms. The number of carbonyl (C=O) groups is 1. The van der Waals surface area contributed by atoms with Crippen LogP contribution in [0.5, 0.6) is 0 Å². The third-order valence-corrected chi connectivity index (χ3v) is 4.61. The van der Waals surface area contributed by atoms with Crippen LogP contribution < -0.4 is 21.5 Å². The fraction of sp³-hybridized carbons (Fsp3) is 0.176. The van der Waals surface area contributed by atoms with Crippen molar-refractivity contribution in [2.75, 3.05) is 10.3 Å². The van der Waals surface area contributed by atoms with Crippen molar-refractivity contribution >= 4 is 40.6 Å². The number of nitrogens with zero attached hydrogens (tertiary/aromatic N) is 2. The van der Waals surface area contributed by atoms with Gasteiger partial charge < -0.3 is 11.1 Å². The molecule has 0 radical (unpaired) electrons. The first-order valence-corrected chi connectivity index (χ1v) is 8.62. The maximum Gasteiger partial charge on any atom is 0.417 e. The molecule has 0 fully saturated rings. The van der Waals surface area contributed by atoms with E-state index in [2.05, 4.69) is 15.7 Å². The molecule has 0 spiro atoms. The summed E-state index contributed by atoms with van der Waals surface area (Å²) in [6.45, 7) is 1.53. The molecule has 1 amide bonds. The number of anilines is 2. The van der Waals surface area contributed by atoms with Crippen LogP contribution >= 0.6 is 23.2 Å². The quantitative estimate of drug-likeness (QED) is 0.685. The van der Waals surface area contributed by atoms with Crippen LogP contribution in [0.4, 0.5) is 24.7 Å². The Morgan fingerprint density at radius 3 is 2.43 bits per heavy atom. The van der Waals surface area contributed by atoms with Crippen molar-refractivity contribution in [3.63, 3.8) is 0 Å². The molecule has 1 aliphatic rings. The summed E-state index contributed by atoms with van der Waals surface area (Å²) in [6.07, 6.45) is -2.44. The van der Waals surface area contributed by atoms with E-state index in [4.69, 9.17) is 28.9 Å². The molecule has 2 aromatic rings. The number of benzene rings is 1. The van der Waals surface area contributed by atoms with E-state index in [1.54, 1.807) is 18.2 Å². The Bertz CT molecular complexity index is 929. The molecule has 11 heteroatoms. The largest absolute Gasteiger partial charge is 0.417 e. The van der Waals surface area contributed by atoms with Gasteiger partial charge in [0.05, 0.1) is 21.3 Å². The van der Waals surface area contributed by atoms with E-state index in [1.807, 2.05) is 0 Å². The molecule has 1 aromatic carbocycles. The van der Waals surface area contributed by atoms with E-state index in [0.717, 1.165) is 12.1 Å². The highest BCUT2D eigenvalue weighted by Gasteiger charge is 2.40. The van der Waals surface area contributed by atoms with E-state index < -0.39 is 23.2 Å². The third kappa shape index (κ3) is 3.87. The minimum atomic E-state index is -4.51. The standard InChI is InChI=1S/C17H14Cl2F3N5O/c1-16(15(28)25-13-6-5-9(8-24-13)17(20,21)22)7-12(23)27(26-16)14-10(18)3-2-4-11(14)19/h2-8,26H,23H2,1H3,(H,24,25,28). The predicted octanol–water partition coefficient (Wildman–Crippen LogP) is 3.93. The number of amides is 1. The molecule has 1 aromatic heterocycles. The van der Waals surface area contributed by atoms with Gasteiger partial charge in [-0.15, -0.1) is 0 Å². The van der Waals surface area contributed by atoms with Crippen LogP contribution in [0.1, 0.15) is 12.5 Å². The van der Waals surface area contributed by atoms with Crippen LogP contribution in [-0.2, 0) is 11.0 Å². The van der Waals surface area contributed by atoms with Gasteiger partial charge in [0.2, 0.25) is 0 Å². The Hall–Kier alpha value is -2.49. The molecule has 148 valence electrons. The van der Waals surface area contributed by atoms with Gasteiger partial charge in [-0.1, -0.05) is 29.3 Å². The van der Waals surface area contributed by atoms with Gasteiger partial charge in [0.1, 0.15) is 17.2 Å². The molecule has 2 heterocycles. The van der Waals surface area contributed by atoms with Crippen LogP contribution in [0.2, 0.25) is 10.0 Å². The monoisotopic (exact) mass is 431 g/mol. The molecule has 4 N–H and O–H groups in total. The Morgan fingerprint density at radius 1 is 1.25 bits per heavy atom. The number of nitrogens with one attached hydrogen (secondary N) is 2. The molecule has 6 nitrogen and oxygen atoms in total. The number of nitrogens with two attached hydrogens (primary N) is 1. The average Bonchev–Trinajstić information content (AvgIpc) is 2.90. The van der Waals surface area contributed by atoms with Gasteiger partial charge >= 0.3 is 6.18 Å². The summed E-state index contributed by atoms with van der Waals surface area (Å²) in [7, 11) is 0. The second kappa shape index (κ2) is 7.16. The highest BCUT2D eigenvalue weighted by Crippen LogP contribution is 2.37. The summed E-state index contributed by atoms with van der Waals surface area (Å²) in [5, 5.41) is 4.44. The number of hydrogen-bond acceptors (Lipinski definition) is 5. The van der Waals surface area contributed by atoms with E-state index >= 15 is 0 Å². The topological polar surface area (TPSA) is 83.3 Å². The summed E-state index contributed by atoms with van der Waals surface area (Å²) >= 11 is 12.4. The Labute approximate surface area is 168 Å². The van der Waals surface area contributed by atoms with Crippen molar-refractivity contribution in [1.29, 1.82) is 0 Å². The lowest BCUT2D eigenvalue weighted by Crippen LogP contribution is -2.53. The number of halogens is 5. The predicted molar refractivity (Wildman–Crippen MR) is 101 cm³/mol. The molecule has 0 saturated carbocycles. The maximum atomic E-state index is 12.7. The lowest BCUT2D eigenvalue weighted by molar-refractivity contribution is -0.137. The van der Waals surface area contributed by atoms with E-state index in [0.29, 0.717) is 21.9 Å². The van der Waals surface area contributed by atoms with Crippen LogP contribution in [0.3, 0.4) is 0 Å². The summed E-state index contributed by atoms with van der Waals surface area (Å²) in [6, 6.07) is 6.77.